The lowest BCUT2D eigenvalue weighted by Crippen LogP contribution is -2.21. The summed E-state index contributed by atoms with van der Waals surface area (Å²) in [6, 6.07) is 6.46. The molecule has 5 heteroatoms. The Balaban J connectivity index is 2.06. The Morgan fingerprint density at radius 1 is 1.24 bits per heavy atom. The van der Waals surface area contributed by atoms with E-state index in [0.717, 1.165) is 23.6 Å². The molecule has 114 valence electrons. The number of ether oxygens (including phenoxy) is 2. The fourth-order valence-electron chi connectivity index (χ4n) is 1.97. The fourth-order valence-corrected chi connectivity index (χ4v) is 1.97. The normalized spacial score (nSPS) is 10.9. The van der Waals surface area contributed by atoms with Crippen LogP contribution in [0.15, 0.2) is 30.6 Å². The van der Waals surface area contributed by atoms with E-state index in [0.29, 0.717) is 12.6 Å². The maximum atomic E-state index is 5.87. The van der Waals surface area contributed by atoms with Crippen molar-refractivity contribution in [3.63, 3.8) is 0 Å². The lowest BCUT2D eigenvalue weighted by Gasteiger charge is -2.13. The van der Waals surface area contributed by atoms with Crippen LogP contribution in [0.1, 0.15) is 25.0 Å². The molecular formula is C16H23N3O2. The second kappa shape index (κ2) is 7.13. The Bertz CT molecular complexity index is 579. The first-order valence-corrected chi connectivity index (χ1v) is 7.09. The number of hydrogen-bond donors (Lipinski definition) is 1. The Morgan fingerprint density at radius 3 is 2.67 bits per heavy atom. The van der Waals surface area contributed by atoms with Gasteiger partial charge in [0.1, 0.15) is 6.61 Å². The molecule has 0 radical (unpaired) electrons. The Morgan fingerprint density at radius 2 is 2.05 bits per heavy atom. The van der Waals surface area contributed by atoms with Gasteiger partial charge in [0.2, 0.25) is 0 Å². The fraction of sp³-hybridized carbons (Fsp3) is 0.438. The van der Waals surface area contributed by atoms with Gasteiger partial charge in [0.25, 0.3) is 0 Å². The van der Waals surface area contributed by atoms with Gasteiger partial charge in [0.15, 0.2) is 11.5 Å². The number of nitrogens with one attached hydrogen (secondary N) is 1. The maximum Gasteiger partial charge on any atom is 0.161 e. The summed E-state index contributed by atoms with van der Waals surface area (Å²) in [5.41, 5.74) is 2.20. The molecule has 0 saturated heterocycles. The van der Waals surface area contributed by atoms with Crippen LogP contribution in [0, 0.1) is 0 Å². The molecule has 0 amide bonds. The highest BCUT2D eigenvalue weighted by Gasteiger charge is 2.07. The van der Waals surface area contributed by atoms with Crippen molar-refractivity contribution >= 4 is 0 Å². The van der Waals surface area contributed by atoms with E-state index in [9.17, 15) is 0 Å². The van der Waals surface area contributed by atoms with Crippen LogP contribution in [0.2, 0.25) is 0 Å². The number of methoxy groups -OCH3 is 1. The minimum atomic E-state index is 0.451. The summed E-state index contributed by atoms with van der Waals surface area (Å²) in [5, 5.41) is 7.53. The summed E-state index contributed by atoms with van der Waals surface area (Å²) in [7, 11) is 3.54. The zero-order valence-corrected chi connectivity index (χ0v) is 13.1. The Hall–Kier alpha value is -2.01. The lowest BCUT2D eigenvalue weighted by atomic mass is 10.2. The van der Waals surface area contributed by atoms with Crippen molar-refractivity contribution in [2.75, 3.05) is 7.11 Å². The number of nitrogens with zero attached hydrogens (tertiary/aromatic N) is 2. The number of benzene rings is 1. The van der Waals surface area contributed by atoms with E-state index in [2.05, 4.69) is 24.3 Å². The van der Waals surface area contributed by atoms with Crippen LogP contribution in [0.3, 0.4) is 0 Å². The average molecular weight is 289 g/mol. The van der Waals surface area contributed by atoms with Crippen molar-refractivity contribution in [3.05, 3.63) is 41.7 Å². The molecule has 0 fully saturated rings. The van der Waals surface area contributed by atoms with Crippen molar-refractivity contribution < 1.29 is 9.47 Å². The third-order valence-electron chi connectivity index (χ3n) is 3.10. The SMILES string of the molecule is COc1ccc(CNC(C)C)cc1OCc1cnn(C)c1. The molecule has 21 heavy (non-hydrogen) atoms. The molecule has 1 heterocycles. The van der Waals surface area contributed by atoms with Gasteiger partial charge >= 0.3 is 0 Å². The van der Waals surface area contributed by atoms with Gasteiger partial charge in [-0.15, -0.1) is 0 Å². The second-order valence-electron chi connectivity index (χ2n) is 5.33. The highest BCUT2D eigenvalue weighted by atomic mass is 16.5. The van der Waals surface area contributed by atoms with E-state index in [1.165, 1.54) is 5.56 Å². The van der Waals surface area contributed by atoms with Gasteiger partial charge < -0.3 is 14.8 Å². The number of rotatable bonds is 7. The van der Waals surface area contributed by atoms with Gasteiger partial charge in [0.05, 0.1) is 13.3 Å². The van der Waals surface area contributed by atoms with E-state index in [-0.39, 0.29) is 0 Å². The quantitative estimate of drug-likeness (QED) is 0.851. The van der Waals surface area contributed by atoms with Crippen molar-refractivity contribution in [1.29, 1.82) is 0 Å². The van der Waals surface area contributed by atoms with Crippen molar-refractivity contribution in [3.8, 4) is 11.5 Å². The molecule has 2 rings (SSSR count). The molecule has 2 aromatic rings. The third-order valence-corrected chi connectivity index (χ3v) is 3.10. The molecule has 1 aromatic heterocycles. The van der Waals surface area contributed by atoms with Gasteiger partial charge in [-0.2, -0.15) is 5.10 Å². The highest BCUT2D eigenvalue weighted by molar-refractivity contribution is 5.43. The zero-order chi connectivity index (χ0) is 15.2. The summed E-state index contributed by atoms with van der Waals surface area (Å²) in [6.07, 6.45) is 3.74. The molecule has 1 aromatic carbocycles. The van der Waals surface area contributed by atoms with Gasteiger partial charge in [-0.3, -0.25) is 4.68 Å². The summed E-state index contributed by atoms with van der Waals surface area (Å²) in [6.45, 7) is 5.54. The van der Waals surface area contributed by atoms with E-state index in [1.54, 1.807) is 18.0 Å². The molecule has 0 aliphatic rings. The summed E-state index contributed by atoms with van der Waals surface area (Å²) in [5.74, 6) is 1.50. The molecular weight excluding hydrogens is 266 g/mol. The van der Waals surface area contributed by atoms with Crippen LogP contribution >= 0.6 is 0 Å². The molecule has 1 N–H and O–H groups in total. The Labute approximate surface area is 125 Å². The zero-order valence-electron chi connectivity index (χ0n) is 13.1. The molecule has 5 nitrogen and oxygen atoms in total. The third kappa shape index (κ3) is 4.49. The molecule has 0 bridgehead atoms. The van der Waals surface area contributed by atoms with Gasteiger partial charge in [0, 0.05) is 31.4 Å². The predicted octanol–water partition coefficient (Wildman–Crippen LogP) is 2.51. The standard InChI is InChI=1S/C16H23N3O2/c1-12(2)17-8-13-5-6-15(20-4)16(7-13)21-11-14-9-18-19(3)10-14/h5-7,9-10,12,17H,8,11H2,1-4H3. The van der Waals surface area contributed by atoms with Gasteiger partial charge in [-0.05, 0) is 17.7 Å². The van der Waals surface area contributed by atoms with Crippen LogP contribution in [0.4, 0.5) is 0 Å². The van der Waals surface area contributed by atoms with Gasteiger partial charge in [-0.25, -0.2) is 0 Å². The van der Waals surface area contributed by atoms with Crippen LogP contribution in [-0.2, 0) is 20.2 Å². The topological polar surface area (TPSA) is 48.3 Å². The van der Waals surface area contributed by atoms with E-state index < -0.39 is 0 Å². The van der Waals surface area contributed by atoms with Gasteiger partial charge in [-0.1, -0.05) is 19.9 Å². The largest absolute Gasteiger partial charge is 0.493 e. The van der Waals surface area contributed by atoms with Crippen LogP contribution < -0.4 is 14.8 Å². The average Bonchev–Trinajstić information content (AvgIpc) is 2.88. The van der Waals surface area contributed by atoms with Crippen LogP contribution in [-0.4, -0.2) is 22.9 Å². The minimum absolute atomic E-state index is 0.451. The molecule has 0 atom stereocenters. The predicted molar refractivity (Wildman–Crippen MR) is 82.5 cm³/mol. The molecule has 0 unspecified atom stereocenters. The molecule has 0 spiro atoms. The summed E-state index contributed by atoms with van der Waals surface area (Å²) >= 11 is 0. The van der Waals surface area contributed by atoms with Crippen LogP contribution in [0.25, 0.3) is 0 Å². The minimum Gasteiger partial charge on any atom is -0.493 e. The lowest BCUT2D eigenvalue weighted by molar-refractivity contribution is 0.284. The maximum absolute atomic E-state index is 5.87. The van der Waals surface area contributed by atoms with Crippen molar-refractivity contribution in [2.24, 2.45) is 7.05 Å². The van der Waals surface area contributed by atoms with E-state index in [1.807, 2.05) is 31.4 Å². The first-order chi connectivity index (χ1) is 10.1. The molecule has 0 saturated carbocycles. The number of aromatic nitrogens is 2. The van der Waals surface area contributed by atoms with E-state index in [4.69, 9.17) is 9.47 Å². The van der Waals surface area contributed by atoms with Crippen LogP contribution in [0.5, 0.6) is 11.5 Å². The number of hydrogen-bond acceptors (Lipinski definition) is 4. The van der Waals surface area contributed by atoms with Crippen molar-refractivity contribution in [2.45, 2.75) is 33.0 Å². The molecule has 0 aliphatic carbocycles. The summed E-state index contributed by atoms with van der Waals surface area (Å²) < 4.78 is 13.0. The smallest absolute Gasteiger partial charge is 0.161 e. The monoisotopic (exact) mass is 289 g/mol. The Kier molecular flexibility index (Phi) is 5.22. The number of aryl methyl sites for hydroxylation is 1. The second-order valence-corrected chi connectivity index (χ2v) is 5.33. The van der Waals surface area contributed by atoms with E-state index >= 15 is 0 Å². The van der Waals surface area contributed by atoms with Crippen molar-refractivity contribution in [1.82, 2.24) is 15.1 Å². The first-order valence-electron chi connectivity index (χ1n) is 7.09. The summed E-state index contributed by atoms with van der Waals surface area (Å²) in [4.78, 5) is 0. The first kappa shape index (κ1) is 15.4. The highest BCUT2D eigenvalue weighted by Crippen LogP contribution is 2.28. The molecule has 0 aliphatic heterocycles.